The second-order valence-corrected chi connectivity index (χ2v) is 15.1. The third kappa shape index (κ3) is 23.6. The molecule has 0 amide bonds. The molecule has 47 heavy (non-hydrogen) atoms. The van der Waals surface area contributed by atoms with E-state index in [-0.39, 0.29) is 45.1 Å². The van der Waals surface area contributed by atoms with E-state index in [1.54, 1.807) is 69.5 Å². The smallest absolute Gasteiger partial charge is 0.0678 e. The first kappa shape index (κ1) is 43.6. The average molecular weight is 754 g/mol. The Bertz CT molecular complexity index is 1130. The summed E-state index contributed by atoms with van der Waals surface area (Å²) < 4.78 is 3.31. The fraction of sp³-hybridized carbons (Fsp3) is 0.474. The van der Waals surface area contributed by atoms with Gasteiger partial charge in [-0.1, -0.05) is 60.7 Å². The van der Waals surface area contributed by atoms with Crippen LogP contribution in [0.15, 0.2) is 84.0 Å². The summed E-state index contributed by atoms with van der Waals surface area (Å²) in [6, 6.07) is 17.3. The van der Waals surface area contributed by atoms with Crippen LogP contribution in [0.4, 0.5) is 0 Å². The molecule has 254 valence electrons. The standard InChI is InChI=1S/2C11H10O4.2C8H17.Sn/c2*12-10(13)7-9(11(14)15)6-8-4-2-1-3-5-8;2*1-4-6-7-8(3)5-2;/h2*1-5,7H,6H2,(H,12,13)(H,14,15);2*8H,3-7H2,1-2H3;/q;;;;+4/p-4/b2*9-7-;;;. The van der Waals surface area contributed by atoms with Crippen LogP contribution in [-0.4, -0.2) is 45.0 Å². The predicted molar refractivity (Wildman–Crippen MR) is 178 cm³/mol. The Morgan fingerprint density at radius 2 is 0.936 bits per heavy atom. The fourth-order valence-electron chi connectivity index (χ4n) is 4.66. The first-order valence-corrected chi connectivity index (χ1v) is 20.5. The summed E-state index contributed by atoms with van der Waals surface area (Å²) >= 11 is -0.0388. The summed E-state index contributed by atoms with van der Waals surface area (Å²) in [6.45, 7) is 9.44. The molecular formula is C38H50O8Sn. The number of unbranched alkanes of at least 4 members (excludes halogenated alkanes) is 2. The quantitative estimate of drug-likeness (QED) is 0.147. The minimum absolute atomic E-state index is 0.0111. The van der Waals surface area contributed by atoms with E-state index >= 15 is 0 Å². The second-order valence-electron chi connectivity index (χ2n) is 11.4. The molecule has 0 saturated heterocycles. The zero-order valence-electron chi connectivity index (χ0n) is 28.3. The molecule has 0 N–H and O–H groups in total. The van der Waals surface area contributed by atoms with Crippen LogP contribution in [0.3, 0.4) is 0 Å². The van der Waals surface area contributed by atoms with Crippen LogP contribution in [0, 0.1) is 11.8 Å². The van der Waals surface area contributed by atoms with Crippen molar-refractivity contribution in [2.24, 2.45) is 11.8 Å². The van der Waals surface area contributed by atoms with Crippen LogP contribution < -0.4 is 20.4 Å². The van der Waals surface area contributed by atoms with E-state index in [4.69, 9.17) is 0 Å². The molecule has 0 heterocycles. The molecule has 9 heteroatoms. The van der Waals surface area contributed by atoms with Crippen LogP contribution in [-0.2, 0) is 32.0 Å². The molecule has 6 radical (unpaired) electrons. The van der Waals surface area contributed by atoms with E-state index in [2.05, 4.69) is 27.7 Å². The normalized spacial score (nSPS) is 12.4. The van der Waals surface area contributed by atoms with Crippen molar-refractivity contribution in [3.05, 3.63) is 95.1 Å². The van der Waals surface area contributed by atoms with Crippen molar-refractivity contribution in [1.29, 1.82) is 0 Å². The number of carbonyl (C=O) groups excluding carboxylic acids is 4. The molecular weight excluding hydrogens is 703 g/mol. The van der Waals surface area contributed by atoms with Crippen molar-refractivity contribution in [3.63, 3.8) is 0 Å². The Morgan fingerprint density at radius 3 is 1.19 bits per heavy atom. The monoisotopic (exact) mass is 754 g/mol. The number of benzene rings is 2. The number of rotatable bonds is 20. The summed E-state index contributed by atoms with van der Waals surface area (Å²) in [5, 5.41) is 41.6. The van der Waals surface area contributed by atoms with E-state index in [9.17, 15) is 39.6 Å². The zero-order chi connectivity index (χ0) is 35.5. The molecule has 0 aliphatic carbocycles. The molecule has 0 aliphatic heterocycles. The topological polar surface area (TPSA) is 161 Å². The molecule has 0 bridgehead atoms. The van der Waals surface area contributed by atoms with Gasteiger partial charge >= 0.3 is 121 Å². The Balaban J connectivity index is 0.000000677. The minimum atomic E-state index is -1.54. The average Bonchev–Trinajstić information content (AvgIpc) is 3.04. The summed E-state index contributed by atoms with van der Waals surface area (Å²) in [6.07, 6.45) is 12.7. The van der Waals surface area contributed by atoms with Crippen LogP contribution >= 0.6 is 0 Å². The van der Waals surface area contributed by atoms with Crippen LogP contribution in [0.1, 0.15) is 90.2 Å². The van der Waals surface area contributed by atoms with Gasteiger partial charge in [-0.2, -0.15) is 0 Å². The van der Waals surface area contributed by atoms with Crippen molar-refractivity contribution in [1.82, 2.24) is 0 Å². The van der Waals surface area contributed by atoms with E-state index in [0.29, 0.717) is 23.3 Å². The minimum Gasteiger partial charge on any atom is -0.545 e. The predicted octanol–water partition coefficient (Wildman–Crippen LogP) is 3.27. The summed E-state index contributed by atoms with van der Waals surface area (Å²) in [7, 11) is 0. The number of hydrogen-bond donors (Lipinski definition) is 0. The van der Waals surface area contributed by atoms with E-state index in [1.165, 1.54) is 51.4 Å². The van der Waals surface area contributed by atoms with Gasteiger partial charge in [-0.3, -0.25) is 0 Å². The van der Waals surface area contributed by atoms with Crippen LogP contribution in [0.2, 0.25) is 8.87 Å². The van der Waals surface area contributed by atoms with E-state index < -0.39 is 23.9 Å². The number of carboxylic acids is 4. The van der Waals surface area contributed by atoms with Crippen molar-refractivity contribution < 1.29 is 39.6 Å². The second kappa shape index (κ2) is 27.7. The van der Waals surface area contributed by atoms with Crippen molar-refractivity contribution in [2.45, 2.75) is 101 Å². The third-order valence-electron chi connectivity index (χ3n) is 7.54. The van der Waals surface area contributed by atoms with Crippen molar-refractivity contribution in [3.8, 4) is 0 Å². The zero-order valence-corrected chi connectivity index (χ0v) is 31.2. The van der Waals surface area contributed by atoms with Gasteiger partial charge in [0.15, 0.2) is 0 Å². The Hall–Kier alpha value is -3.40. The number of hydrogen-bond acceptors (Lipinski definition) is 8. The van der Waals surface area contributed by atoms with Gasteiger partial charge in [0.2, 0.25) is 0 Å². The Labute approximate surface area is 291 Å². The molecule has 0 spiro atoms. The third-order valence-corrected chi connectivity index (χ3v) is 12.5. The van der Waals surface area contributed by atoms with Gasteiger partial charge in [-0.05, 0) is 47.3 Å². The van der Waals surface area contributed by atoms with Gasteiger partial charge in [-0.15, -0.1) is 0 Å². The molecule has 2 atom stereocenters. The van der Waals surface area contributed by atoms with Gasteiger partial charge in [0.1, 0.15) is 0 Å². The number of carboxylic acid groups (broad SMARTS) is 4. The first-order valence-electron chi connectivity index (χ1n) is 16.5. The van der Waals surface area contributed by atoms with Gasteiger partial charge < -0.3 is 39.6 Å². The van der Waals surface area contributed by atoms with Gasteiger partial charge in [0, 0.05) is 0 Å². The van der Waals surface area contributed by atoms with Gasteiger partial charge in [-0.25, -0.2) is 0 Å². The van der Waals surface area contributed by atoms with E-state index in [0.717, 1.165) is 11.8 Å². The molecule has 2 aromatic rings. The van der Waals surface area contributed by atoms with Crippen molar-refractivity contribution >= 4 is 45.0 Å². The SMILES string of the molecule is CCCCC(CC)[CH2][Sn+4][CH2]C(CC)CCCC.O=C([O-])/C=C(/Cc1ccccc1)C(=O)[O-].O=C([O-])/C=C(/Cc1ccccc1)C(=O)[O-]. The summed E-state index contributed by atoms with van der Waals surface area (Å²) in [5.41, 5.74) is 0.797. The maximum absolute atomic E-state index is 10.6. The summed E-state index contributed by atoms with van der Waals surface area (Å²) in [5.74, 6) is -3.89. The molecule has 0 saturated carbocycles. The van der Waals surface area contributed by atoms with Crippen molar-refractivity contribution in [2.75, 3.05) is 0 Å². The molecule has 2 aromatic carbocycles. The molecule has 2 rings (SSSR count). The maximum Gasteiger partial charge on any atom is 0.0678 e. The molecule has 0 aliphatic rings. The maximum atomic E-state index is 10.6. The van der Waals surface area contributed by atoms with Crippen LogP contribution in [0.5, 0.6) is 0 Å². The number of aliphatic carboxylic acids is 4. The summed E-state index contributed by atoms with van der Waals surface area (Å²) in [4.78, 5) is 41.6. The van der Waals surface area contributed by atoms with Gasteiger partial charge in [0.25, 0.3) is 0 Å². The molecule has 0 aromatic heterocycles. The fourth-order valence-corrected chi connectivity index (χ4v) is 10.3. The largest absolute Gasteiger partial charge is 0.545 e. The number of carbonyl (C=O) groups is 4. The Morgan fingerprint density at radius 1 is 0.596 bits per heavy atom. The Kier molecular flexibility index (Phi) is 25.7. The molecule has 0 fully saturated rings. The van der Waals surface area contributed by atoms with Crippen LogP contribution in [0.25, 0.3) is 0 Å². The molecule has 8 nitrogen and oxygen atoms in total. The molecule has 2 unspecified atom stereocenters. The first-order chi connectivity index (χ1) is 22.5. The van der Waals surface area contributed by atoms with E-state index in [1.807, 2.05) is 0 Å². The van der Waals surface area contributed by atoms with Gasteiger partial charge in [0.05, 0.1) is 23.9 Å².